The average Bonchev–Trinajstić information content (AvgIpc) is 2.41. The molecule has 0 radical (unpaired) electrons. The molecule has 0 aromatic heterocycles. The lowest BCUT2D eigenvalue weighted by molar-refractivity contribution is -0.140. The van der Waals surface area contributed by atoms with Crippen LogP contribution in [0.25, 0.3) is 0 Å². The smallest absolute Gasteiger partial charge is 0.390 e. The predicted molar refractivity (Wildman–Crippen MR) is 74.1 cm³/mol. The predicted octanol–water partition coefficient (Wildman–Crippen LogP) is 4.10. The third kappa shape index (κ3) is 4.41. The Bertz CT molecular complexity index is 494. The summed E-state index contributed by atoms with van der Waals surface area (Å²) in [6.45, 7) is 3.15. The molecule has 1 aromatic carbocycles. The molecule has 0 spiro atoms. The zero-order valence-corrected chi connectivity index (χ0v) is 12.4. The van der Waals surface area contributed by atoms with E-state index in [1.807, 2.05) is 6.92 Å². The van der Waals surface area contributed by atoms with Crippen LogP contribution in [0, 0.1) is 0 Å². The fourth-order valence-electron chi connectivity index (χ4n) is 2.19. The standard InChI is InChI=1S/C14H17ClF3NO2/c1-2-3-19-11(8-14(16,17)18)9-6-12-13(7-10(9)15)21-5-4-20-12/h6-7,11,19H,2-5,8H2,1H3. The van der Waals surface area contributed by atoms with E-state index < -0.39 is 18.6 Å². The second-order valence-corrected chi connectivity index (χ2v) is 5.25. The summed E-state index contributed by atoms with van der Waals surface area (Å²) in [6.07, 6.45) is -4.52. The molecule has 1 unspecified atom stereocenters. The molecule has 2 rings (SSSR count). The normalized spacial score (nSPS) is 15.9. The minimum absolute atomic E-state index is 0.247. The van der Waals surface area contributed by atoms with Gasteiger partial charge in [0.15, 0.2) is 11.5 Å². The van der Waals surface area contributed by atoms with Crippen LogP contribution in [-0.2, 0) is 0 Å². The van der Waals surface area contributed by atoms with E-state index in [2.05, 4.69) is 5.32 Å². The van der Waals surface area contributed by atoms with Crippen LogP contribution in [0.4, 0.5) is 13.2 Å². The summed E-state index contributed by atoms with van der Waals surface area (Å²) in [7, 11) is 0. The Balaban J connectivity index is 2.29. The van der Waals surface area contributed by atoms with E-state index in [0.717, 1.165) is 6.42 Å². The quantitative estimate of drug-likeness (QED) is 0.884. The molecule has 1 atom stereocenters. The van der Waals surface area contributed by atoms with Crippen LogP contribution >= 0.6 is 11.6 Å². The summed E-state index contributed by atoms with van der Waals surface area (Å²) in [5.41, 5.74) is 0.381. The Kier molecular flexibility index (Phi) is 5.22. The van der Waals surface area contributed by atoms with Crippen LogP contribution in [0.1, 0.15) is 31.4 Å². The van der Waals surface area contributed by atoms with E-state index in [0.29, 0.717) is 36.8 Å². The summed E-state index contributed by atoms with van der Waals surface area (Å²) in [5, 5.41) is 3.14. The first kappa shape index (κ1) is 16.2. The lowest BCUT2D eigenvalue weighted by Crippen LogP contribution is -2.28. The Morgan fingerprint density at radius 3 is 2.43 bits per heavy atom. The molecule has 1 aliphatic heterocycles. The first-order valence-electron chi connectivity index (χ1n) is 6.80. The molecule has 3 nitrogen and oxygen atoms in total. The molecule has 0 fully saturated rings. The van der Waals surface area contributed by atoms with Crippen molar-refractivity contribution in [2.24, 2.45) is 0 Å². The topological polar surface area (TPSA) is 30.5 Å². The number of fused-ring (bicyclic) bond motifs is 1. The lowest BCUT2D eigenvalue weighted by atomic mass is 10.0. The number of rotatable bonds is 5. The molecule has 1 heterocycles. The first-order chi connectivity index (χ1) is 9.90. The van der Waals surface area contributed by atoms with Crippen molar-refractivity contribution in [1.82, 2.24) is 5.32 Å². The molecule has 0 bridgehead atoms. The molecule has 21 heavy (non-hydrogen) atoms. The van der Waals surface area contributed by atoms with Gasteiger partial charge in [-0.05, 0) is 24.6 Å². The monoisotopic (exact) mass is 323 g/mol. The van der Waals surface area contributed by atoms with Crippen LogP contribution < -0.4 is 14.8 Å². The second kappa shape index (κ2) is 6.75. The summed E-state index contributed by atoms with van der Waals surface area (Å²) in [4.78, 5) is 0. The van der Waals surface area contributed by atoms with E-state index in [9.17, 15) is 13.2 Å². The van der Waals surface area contributed by atoms with E-state index in [1.165, 1.54) is 12.1 Å². The fraction of sp³-hybridized carbons (Fsp3) is 0.571. The first-order valence-corrected chi connectivity index (χ1v) is 7.17. The fourth-order valence-corrected chi connectivity index (χ4v) is 2.47. The Labute approximate surface area is 126 Å². The Morgan fingerprint density at radius 2 is 1.86 bits per heavy atom. The lowest BCUT2D eigenvalue weighted by Gasteiger charge is -2.25. The van der Waals surface area contributed by atoms with Gasteiger partial charge in [-0.2, -0.15) is 13.2 Å². The van der Waals surface area contributed by atoms with Gasteiger partial charge in [0.05, 0.1) is 6.42 Å². The van der Waals surface area contributed by atoms with Crippen LogP contribution in [0.15, 0.2) is 12.1 Å². The maximum Gasteiger partial charge on any atom is 0.390 e. The van der Waals surface area contributed by atoms with Gasteiger partial charge in [-0.15, -0.1) is 0 Å². The van der Waals surface area contributed by atoms with Gasteiger partial charge in [-0.1, -0.05) is 18.5 Å². The largest absolute Gasteiger partial charge is 0.486 e. The molecule has 0 saturated heterocycles. The number of ether oxygens (including phenoxy) is 2. The number of halogens is 4. The third-order valence-electron chi connectivity index (χ3n) is 3.11. The number of hydrogen-bond acceptors (Lipinski definition) is 3. The van der Waals surface area contributed by atoms with Crippen molar-refractivity contribution in [2.75, 3.05) is 19.8 Å². The van der Waals surface area contributed by atoms with Gasteiger partial charge in [-0.25, -0.2) is 0 Å². The zero-order chi connectivity index (χ0) is 15.5. The Morgan fingerprint density at radius 1 is 1.24 bits per heavy atom. The van der Waals surface area contributed by atoms with E-state index in [1.54, 1.807) is 0 Å². The van der Waals surface area contributed by atoms with Crippen LogP contribution in [-0.4, -0.2) is 25.9 Å². The molecular weight excluding hydrogens is 307 g/mol. The van der Waals surface area contributed by atoms with Crippen LogP contribution in [0.3, 0.4) is 0 Å². The molecule has 1 aliphatic rings. The summed E-state index contributed by atoms with van der Waals surface area (Å²) in [5.74, 6) is 0.905. The SMILES string of the molecule is CCCNC(CC(F)(F)F)c1cc2c(cc1Cl)OCCO2. The van der Waals surface area contributed by atoms with E-state index >= 15 is 0 Å². The van der Waals surface area contributed by atoms with Crippen molar-refractivity contribution >= 4 is 11.6 Å². The number of alkyl halides is 3. The van der Waals surface area contributed by atoms with Crippen molar-refractivity contribution < 1.29 is 22.6 Å². The molecule has 118 valence electrons. The van der Waals surface area contributed by atoms with Gasteiger partial charge in [0.1, 0.15) is 13.2 Å². The molecule has 0 amide bonds. The molecular formula is C14H17ClF3NO2. The Hall–Kier alpha value is -1.14. The van der Waals surface area contributed by atoms with Gasteiger partial charge < -0.3 is 14.8 Å². The number of hydrogen-bond donors (Lipinski definition) is 1. The highest BCUT2D eigenvalue weighted by Crippen LogP contribution is 2.40. The van der Waals surface area contributed by atoms with Gasteiger partial charge >= 0.3 is 6.18 Å². The molecule has 1 N–H and O–H groups in total. The van der Waals surface area contributed by atoms with Crippen molar-refractivity contribution in [1.29, 1.82) is 0 Å². The van der Waals surface area contributed by atoms with Crippen LogP contribution in [0.5, 0.6) is 11.5 Å². The van der Waals surface area contributed by atoms with Gasteiger partial charge in [0, 0.05) is 17.1 Å². The second-order valence-electron chi connectivity index (χ2n) is 4.84. The zero-order valence-electron chi connectivity index (χ0n) is 11.6. The van der Waals surface area contributed by atoms with Crippen molar-refractivity contribution in [3.8, 4) is 11.5 Å². The van der Waals surface area contributed by atoms with Crippen molar-refractivity contribution in [3.05, 3.63) is 22.7 Å². The minimum atomic E-state index is -4.28. The van der Waals surface area contributed by atoms with E-state index in [-0.39, 0.29) is 5.02 Å². The summed E-state index contributed by atoms with van der Waals surface area (Å²) < 4.78 is 49.0. The maximum absolute atomic E-state index is 12.8. The highest BCUT2D eigenvalue weighted by atomic mass is 35.5. The van der Waals surface area contributed by atoms with E-state index in [4.69, 9.17) is 21.1 Å². The minimum Gasteiger partial charge on any atom is -0.486 e. The molecule has 1 aromatic rings. The highest BCUT2D eigenvalue weighted by molar-refractivity contribution is 6.31. The maximum atomic E-state index is 12.8. The number of nitrogens with one attached hydrogen (secondary N) is 1. The molecule has 7 heteroatoms. The summed E-state index contributed by atoms with van der Waals surface area (Å²) >= 11 is 6.12. The third-order valence-corrected chi connectivity index (χ3v) is 3.44. The van der Waals surface area contributed by atoms with Gasteiger partial charge in [0.2, 0.25) is 0 Å². The van der Waals surface area contributed by atoms with Crippen LogP contribution in [0.2, 0.25) is 5.02 Å². The molecule has 0 saturated carbocycles. The summed E-state index contributed by atoms with van der Waals surface area (Å²) in [6, 6.07) is 2.16. The van der Waals surface area contributed by atoms with Gasteiger partial charge in [-0.3, -0.25) is 0 Å². The highest BCUT2D eigenvalue weighted by Gasteiger charge is 2.34. The average molecular weight is 324 g/mol. The van der Waals surface area contributed by atoms with Gasteiger partial charge in [0.25, 0.3) is 0 Å². The molecule has 0 aliphatic carbocycles. The van der Waals surface area contributed by atoms with Crippen molar-refractivity contribution in [2.45, 2.75) is 32.0 Å². The number of benzene rings is 1. The van der Waals surface area contributed by atoms with Crippen molar-refractivity contribution in [3.63, 3.8) is 0 Å².